The lowest BCUT2D eigenvalue weighted by Crippen LogP contribution is -2.12. The van der Waals surface area contributed by atoms with E-state index in [-0.39, 0.29) is 0 Å². The Morgan fingerprint density at radius 3 is 1.54 bits per heavy atom. The topological polar surface area (TPSA) is 86.5 Å². The normalized spacial score (nSPS) is 11.3. The second-order valence-corrected chi connectivity index (χ2v) is 15.6. The monoisotopic (exact) mass is 810 g/mol. The van der Waals surface area contributed by atoms with E-state index in [1.165, 1.54) is 51.4 Å². The Bertz CT molecular complexity index is 2620. The number of carbonyl (C=O) groups excluding carboxylic acids is 2. The Labute approximate surface area is 359 Å². The van der Waals surface area contributed by atoms with Crippen LogP contribution in [0.25, 0.3) is 32.7 Å². The SMILES string of the molecule is CCCCCCCCCCCCOc1cc(C(=O)Oc2ccc3ccccc3c2-c2c(OC(=O)c3ccc(N=Nc4ccccc4)cc3)ccc3ccccc23)cc(C)c1C. The molecule has 0 amide bonds. The molecule has 0 aromatic heterocycles. The number of esters is 2. The molecule has 7 aromatic rings. The van der Waals surface area contributed by atoms with Crippen LogP contribution in [0.2, 0.25) is 0 Å². The van der Waals surface area contributed by atoms with Gasteiger partial charge in [0, 0.05) is 11.1 Å². The van der Waals surface area contributed by atoms with Crippen molar-refractivity contribution in [3.8, 4) is 28.4 Å². The molecule has 0 saturated carbocycles. The predicted molar refractivity (Wildman–Crippen MR) is 247 cm³/mol. The molecule has 7 aromatic carbocycles. The Hall–Kier alpha value is -6.60. The summed E-state index contributed by atoms with van der Waals surface area (Å²) in [7, 11) is 0. The van der Waals surface area contributed by atoms with Crippen molar-refractivity contribution in [2.75, 3.05) is 6.61 Å². The summed E-state index contributed by atoms with van der Waals surface area (Å²) in [5, 5.41) is 12.1. The van der Waals surface area contributed by atoms with Crippen LogP contribution in [0, 0.1) is 13.8 Å². The van der Waals surface area contributed by atoms with E-state index in [2.05, 4.69) is 17.2 Å². The van der Waals surface area contributed by atoms with Crippen molar-refractivity contribution < 1.29 is 23.8 Å². The van der Waals surface area contributed by atoms with E-state index in [0.29, 0.717) is 51.8 Å². The first-order chi connectivity index (χ1) is 29.9. The number of hydrogen-bond donors (Lipinski definition) is 0. The summed E-state index contributed by atoms with van der Waals surface area (Å²) in [6, 6.07) is 43.2. The van der Waals surface area contributed by atoms with Gasteiger partial charge in [-0.2, -0.15) is 10.2 Å². The van der Waals surface area contributed by atoms with Crippen LogP contribution in [0.4, 0.5) is 11.4 Å². The van der Waals surface area contributed by atoms with Crippen molar-refractivity contribution in [2.24, 2.45) is 10.2 Å². The third kappa shape index (κ3) is 11.0. The van der Waals surface area contributed by atoms with Gasteiger partial charge >= 0.3 is 11.9 Å². The molecule has 0 aliphatic heterocycles. The molecule has 0 radical (unpaired) electrons. The lowest BCUT2D eigenvalue weighted by Gasteiger charge is -2.19. The van der Waals surface area contributed by atoms with Crippen molar-refractivity contribution in [1.82, 2.24) is 0 Å². The van der Waals surface area contributed by atoms with Crippen molar-refractivity contribution in [3.63, 3.8) is 0 Å². The van der Waals surface area contributed by atoms with E-state index in [0.717, 1.165) is 51.2 Å². The molecule has 0 N–H and O–H groups in total. The number of aryl methyl sites for hydroxylation is 1. The van der Waals surface area contributed by atoms with Gasteiger partial charge in [-0.3, -0.25) is 0 Å². The second kappa shape index (κ2) is 21.1. The maximum Gasteiger partial charge on any atom is 0.343 e. The number of ether oxygens (including phenoxy) is 3. The highest BCUT2D eigenvalue weighted by Gasteiger charge is 2.23. The van der Waals surface area contributed by atoms with E-state index in [9.17, 15) is 9.59 Å². The minimum Gasteiger partial charge on any atom is -0.493 e. The van der Waals surface area contributed by atoms with Crippen molar-refractivity contribution in [2.45, 2.75) is 85.0 Å². The Morgan fingerprint density at radius 2 is 0.967 bits per heavy atom. The van der Waals surface area contributed by atoms with Gasteiger partial charge in [0.2, 0.25) is 0 Å². The Balaban J connectivity index is 1.13. The molecule has 0 aliphatic rings. The molecule has 0 atom stereocenters. The van der Waals surface area contributed by atoms with E-state index in [4.69, 9.17) is 14.2 Å². The van der Waals surface area contributed by atoms with Crippen LogP contribution >= 0.6 is 0 Å². The van der Waals surface area contributed by atoms with Crippen molar-refractivity contribution in [1.29, 1.82) is 0 Å². The highest BCUT2D eigenvalue weighted by molar-refractivity contribution is 6.11. The van der Waals surface area contributed by atoms with E-state index < -0.39 is 11.9 Å². The molecule has 0 fully saturated rings. The lowest BCUT2D eigenvalue weighted by atomic mass is 9.92. The zero-order valence-electron chi connectivity index (χ0n) is 35.5. The molecule has 0 spiro atoms. The molecule has 310 valence electrons. The molecular formula is C54H54N2O5. The summed E-state index contributed by atoms with van der Waals surface area (Å²) < 4.78 is 18.9. The summed E-state index contributed by atoms with van der Waals surface area (Å²) in [5.74, 6) is 0.321. The molecule has 7 heteroatoms. The maximum absolute atomic E-state index is 14.2. The molecule has 0 saturated heterocycles. The van der Waals surface area contributed by atoms with Gasteiger partial charge in [0.15, 0.2) is 0 Å². The number of unbranched alkanes of at least 4 members (excludes halogenated alkanes) is 9. The fraction of sp³-hybridized carbons (Fsp3) is 0.259. The summed E-state index contributed by atoms with van der Waals surface area (Å²) in [6.45, 7) is 6.86. The van der Waals surface area contributed by atoms with Crippen LogP contribution in [0.3, 0.4) is 0 Å². The standard InChI is InChI=1S/C54H54N2O5/c1-4-5-6-7-8-9-10-11-12-20-35-59-50-37-43(36-38(2)39(50)3)54(58)61-49-34-30-41-22-17-19-26-47(41)52(49)51-46-25-18-16-21-40(46)29-33-48(51)60-53(57)42-27-31-45(32-28-42)56-55-44-23-14-13-15-24-44/h13-19,21-34,36-37H,4-12,20,35H2,1-3H3. The lowest BCUT2D eigenvalue weighted by molar-refractivity contribution is 0.0723. The maximum atomic E-state index is 14.2. The predicted octanol–water partition coefficient (Wildman–Crippen LogP) is 15.4. The first-order valence-electron chi connectivity index (χ1n) is 21.7. The number of azo groups is 1. The van der Waals surface area contributed by atoms with Crippen LogP contribution < -0.4 is 14.2 Å². The first-order valence-corrected chi connectivity index (χ1v) is 21.7. The number of carbonyl (C=O) groups is 2. The third-order valence-corrected chi connectivity index (χ3v) is 11.2. The highest BCUT2D eigenvalue weighted by atomic mass is 16.5. The van der Waals surface area contributed by atoms with Gasteiger partial charge in [0.1, 0.15) is 17.2 Å². The van der Waals surface area contributed by atoms with Crippen LogP contribution in [-0.4, -0.2) is 18.5 Å². The Kier molecular flexibility index (Phi) is 14.7. The van der Waals surface area contributed by atoms with Gasteiger partial charge < -0.3 is 14.2 Å². The van der Waals surface area contributed by atoms with Crippen molar-refractivity contribution in [3.05, 3.63) is 162 Å². The summed E-state index contributed by atoms with van der Waals surface area (Å²) in [5.41, 5.74) is 5.32. The molecule has 61 heavy (non-hydrogen) atoms. The summed E-state index contributed by atoms with van der Waals surface area (Å²) in [4.78, 5) is 28.0. The van der Waals surface area contributed by atoms with Gasteiger partial charge in [-0.05, 0) is 114 Å². The highest BCUT2D eigenvalue weighted by Crippen LogP contribution is 2.46. The molecule has 7 nitrogen and oxygen atoms in total. The molecule has 0 heterocycles. The van der Waals surface area contributed by atoms with Crippen LogP contribution in [0.15, 0.2) is 150 Å². The zero-order valence-corrected chi connectivity index (χ0v) is 35.5. The summed E-state index contributed by atoms with van der Waals surface area (Å²) >= 11 is 0. The van der Waals surface area contributed by atoms with Crippen LogP contribution in [-0.2, 0) is 0 Å². The molecular weight excluding hydrogens is 757 g/mol. The minimum atomic E-state index is -0.540. The number of hydrogen-bond acceptors (Lipinski definition) is 7. The molecule has 0 bridgehead atoms. The van der Waals surface area contributed by atoms with Gasteiger partial charge in [-0.15, -0.1) is 0 Å². The minimum absolute atomic E-state index is 0.332. The fourth-order valence-corrected chi connectivity index (χ4v) is 7.65. The van der Waals surface area contributed by atoms with Gasteiger partial charge in [0.05, 0.1) is 29.1 Å². The zero-order chi connectivity index (χ0) is 42.4. The smallest absolute Gasteiger partial charge is 0.343 e. The number of rotatable bonds is 19. The quantitative estimate of drug-likeness (QED) is 0.0351. The fourth-order valence-electron chi connectivity index (χ4n) is 7.65. The van der Waals surface area contributed by atoms with Crippen LogP contribution in [0.5, 0.6) is 17.2 Å². The molecule has 0 unspecified atom stereocenters. The summed E-state index contributed by atoms with van der Waals surface area (Å²) in [6.07, 6.45) is 12.5. The van der Waals surface area contributed by atoms with Gasteiger partial charge in [0.25, 0.3) is 0 Å². The third-order valence-electron chi connectivity index (χ3n) is 11.2. The van der Waals surface area contributed by atoms with E-state index >= 15 is 0 Å². The second-order valence-electron chi connectivity index (χ2n) is 15.6. The van der Waals surface area contributed by atoms with E-state index in [1.54, 1.807) is 36.4 Å². The van der Waals surface area contributed by atoms with Crippen molar-refractivity contribution >= 4 is 44.9 Å². The van der Waals surface area contributed by atoms with E-state index in [1.807, 2.05) is 117 Å². The first kappa shape index (κ1) is 42.5. The largest absolute Gasteiger partial charge is 0.493 e. The number of nitrogens with zero attached hydrogens (tertiary/aromatic N) is 2. The van der Waals surface area contributed by atoms with Crippen LogP contribution in [0.1, 0.15) is 103 Å². The number of fused-ring (bicyclic) bond motifs is 2. The Morgan fingerprint density at radius 1 is 0.475 bits per heavy atom. The number of benzene rings is 7. The molecule has 0 aliphatic carbocycles. The van der Waals surface area contributed by atoms with Gasteiger partial charge in [-0.25, -0.2) is 9.59 Å². The van der Waals surface area contributed by atoms with Gasteiger partial charge in [-0.1, -0.05) is 144 Å². The average molecular weight is 811 g/mol. The average Bonchev–Trinajstić information content (AvgIpc) is 3.29. The molecule has 7 rings (SSSR count).